The summed E-state index contributed by atoms with van der Waals surface area (Å²) in [5.41, 5.74) is 1.01. The minimum Gasteiger partial charge on any atom is -0.490 e. The first kappa shape index (κ1) is 17.1. The van der Waals surface area contributed by atoms with E-state index in [9.17, 15) is 0 Å². The molecular formula is C15H23ClO4. The van der Waals surface area contributed by atoms with Gasteiger partial charge in [0, 0.05) is 26.2 Å². The van der Waals surface area contributed by atoms with Crippen LogP contribution < -0.4 is 9.47 Å². The molecule has 4 nitrogen and oxygen atoms in total. The zero-order valence-electron chi connectivity index (χ0n) is 12.2. The number of hydrogen-bond donors (Lipinski definition) is 0. The van der Waals surface area contributed by atoms with E-state index in [0.717, 1.165) is 30.1 Å². The van der Waals surface area contributed by atoms with E-state index in [-0.39, 0.29) is 0 Å². The molecule has 0 aliphatic carbocycles. The summed E-state index contributed by atoms with van der Waals surface area (Å²) in [5.74, 6) is 1.91. The molecule has 0 bridgehead atoms. The van der Waals surface area contributed by atoms with E-state index in [0.29, 0.717) is 32.3 Å². The van der Waals surface area contributed by atoms with Gasteiger partial charge in [-0.25, -0.2) is 0 Å². The molecule has 1 aromatic carbocycles. The summed E-state index contributed by atoms with van der Waals surface area (Å²) in [6, 6.07) is 5.73. The Morgan fingerprint density at radius 2 is 1.85 bits per heavy atom. The number of halogens is 1. The predicted molar refractivity (Wildman–Crippen MR) is 80.0 cm³/mol. The van der Waals surface area contributed by atoms with Crippen molar-refractivity contribution in [1.82, 2.24) is 0 Å². The van der Waals surface area contributed by atoms with Crippen molar-refractivity contribution in [1.29, 1.82) is 0 Å². The van der Waals surface area contributed by atoms with E-state index in [1.165, 1.54) is 0 Å². The number of rotatable bonds is 11. The monoisotopic (exact) mass is 302 g/mol. The van der Waals surface area contributed by atoms with Gasteiger partial charge in [0.05, 0.1) is 13.2 Å². The minimum atomic E-state index is 0.461. The third-order valence-corrected chi connectivity index (χ3v) is 2.89. The van der Waals surface area contributed by atoms with Crippen molar-refractivity contribution in [3.8, 4) is 11.5 Å². The smallest absolute Gasteiger partial charge is 0.161 e. The fraction of sp³-hybridized carbons (Fsp3) is 0.600. The van der Waals surface area contributed by atoms with E-state index in [2.05, 4.69) is 0 Å². The van der Waals surface area contributed by atoms with E-state index in [1.54, 1.807) is 7.11 Å². The summed E-state index contributed by atoms with van der Waals surface area (Å²) in [6.07, 6.45) is 0.894. The van der Waals surface area contributed by atoms with Gasteiger partial charge < -0.3 is 18.9 Å². The summed E-state index contributed by atoms with van der Waals surface area (Å²) in [5, 5.41) is 0. The largest absolute Gasteiger partial charge is 0.490 e. The van der Waals surface area contributed by atoms with E-state index < -0.39 is 0 Å². The Bertz CT molecular complexity index is 371. The zero-order chi connectivity index (χ0) is 14.6. The predicted octanol–water partition coefficient (Wildman–Crippen LogP) is 3.26. The molecule has 0 aliphatic heterocycles. The summed E-state index contributed by atoms with van der Waals surface area (Å²) < 4.78 is 21.6. The van der Waals surface area contributed by atoms with Crippen LogP contribution in [0.5, 0.6) is 11.5 Å². The van der Waals surface area contributed by atoms with Gasteiger partial charge in [-0.2, -0.15) is 0 Å². The van der Waals surface area contributed by atoms with Gasteiger partial charge in [-0.15, -0.1) is 11.6 Å². The Balaban J connectivity index is 2.35. The molecule has 114 valence electrons. The fourth-order valence-electron chi connectivity index (χ4n) is 1.64. The lowest BCUT2D eigenvalue weighted by Gasteiger charge is -2.13. The Hall–Kier alpha value is -0.970. The van der Waals surface area contributed by atoms with E-state index in [4.69, 9.17) is 30.5 Å². The van der Waals surface area contributed by atoms with Crippen LogP contribution in [0.2, 0.25) is 0 Å². The second-order valence-electron chi connectivity index (χ2n) is 4.15. The molecule has 0 saturated carbocycles. The lowest BCUT2D eigenvalue weighted by Crippen LogP contribution is -2.09. The maximum absolute atomic E-state index is 5.81. The molecule has 0 aromatic heterocycles. The number of benzene rings is 1. The van der Waals surface area contributed by atoms with Crippen LogP contribution in [-0.4, -0.2) is 40.1 Å². The van der Waals surface area contributed by atoms with Gasteiger partial charge in [0.2, 0.25) is 0 Å². The molecule has 0 fully saturated rings. The fourth-order valence-corrected chi connectivity index (χ4v) is 1.81. The molecule has 0 heterocycles. The number of ether oxygens (including phenoxy) is 4. The normalized spacial score (nSPS) is 10.6. The zero-order valence-corrected chi connectivity index (χ0v) is 12.9. The van der Waals surface area contributed by atoms with Gasteiger partial charge in [0.1, 0.15) is 6.61 Å². The summed E-state index contributed by atoms with van der Waals surface area (Å²) in [7, 11) is 1.68. The molecule has 0 amide bonds. The van der Waals surface area contributed by atoms with E-state index in [1.807, 2.05) is 25.1 Å². The molecule has 20 heavy (non-hydrogen) atoms. The lowest BCUT2D eigenvalue weighted by molar-refractivity contribution is 0.0798. The van der Waals surface area contributed by atoms with Crippen molar-refractivity contribution in [2.45, 2.75) is 19.2 Å². The quantitative estimate of drug-likeness (QED) is 0.464. The van der Waals surface area contributed by atoms with Crippen LogP contribution in [-0.2, 0) is 15.4 Å². The van der Waals surface area contributed by atoms with Gasteiger partial charge in [-0.05, 0) is 31.0 Å². The average Bonchev–Trinajstić information content (AvgIpc) is 2.47. The standard InChI is InChI=1S/C15H23ClO4/c1-3-19-15-11-13(12-16)5-6-14(15)20-10-9-18-8-4-7-17-2/h5-6,11H,3-4,7-10,12H2,1-2H3. The topological polar surface area (TPSA) is 36.9 Å². The second kappa shape index (κ2) is 10.8. The SMILES string of the molecule is CCOc1cc(CCl)ccc1OCCOCCCOC. The van der Waals surface area contributed by atoms with Crippen molar-refractivity contribution in [3.05, 3.63) is 23.8 Å². The molecule has 0 N–H and O–H groups in total. The highest BCUT2D eigenvalue weighted by atomic mass is 35.5. The maximum Gasteiger partial charge on any atom is 0.161 e. The first-order chi connectivity index (χ1) is 9.81. The number of hydrogen-bond acceptors (Lipinski definition) is 4. The minimum absolute atomic E-state index is 0.461. The first-order valence-electron chi connectivity index (χ1n) is 6.83. The molecule has 1 aromatic rings. The molecule has 1 rings (SSSR count). The Morgan fingerprint density at radius 3 is 2.55 bits per heavy atom. The molecule has 0 spiro atoms. The van der Waals surface area contributed by atoms with Crippen molar-refractivity contribution in [2.24, 2.45) is 0 Å². The first-order valence-corrected chi connectivity index (χ1v) is 7.36. The molecule has 5 heteroatoms. The van der Waals surface area contributed by atoms with Crippen molar-refractivity contribution in [3.63, 3.8) is 0 Å². The Labute approximate surface area is 125 Å². The molecule has 0 radical (unpaired) electrons. The van der Waals surface area contributed by atoms with Gasteiger partial charge in [0.25, 0.3) is 0 Å². The summed E-state index contributed by atoms with van der Waals surface area (Å²) in [6.45, 7) is 4.97. The lowest BCUT2D eigenvalue weighted by atomic mass is 10.2. The van der Waals surface area contributed by atoms with Crippen LogP contribution >= 0.6 is 11.6 Å². The van der Waals surface area contributed by atoms with Gasteiger partial charge in [-0.1, -0.05) is 6.07 Å². The second-order valence-corrected chi connectivity index (χ2v) is 4.42. The van der Waals surface area contributed by atoms with Crippen LogP contribution in [0, 0.1) is 0 Å². The third kappa shape index (κ3) is 6.46. The summed E-state index contributed by atoms with van der Waals surface area (Å²) >= 11 is 5.81. The third-order valence-electron chi connectivity index (χ3n) is 2.58. The van der Waals surface area contributed by atoms with Crippen molar-refractivity contribution in [2.75, 3.05) is 40.1 Å². The van der Waals surface area contributed by atoms with Crippen molar-refractivity contribution < 1.29 is 18.9 Å². The van der Waals surface area contributed by atoms with Crippen molar-refractivity contribution >= 4 is 11.6 Å². The van der Waals surface area contributed by atoms with Gasteiger partial charge >= 0.3 is 0 Å². The van der Waals surface area contributed by atoms with Gasteiger partial charge in [0.15, 0.2) is 11.5 Å². The van der Waals surface area contributed by atoms with Crippen LogP contribution in [0.4, 0.5) is 0 Å². The Morgan fingerprint density at radius 1 is 1.00 bits per heavy atom. The highest BCUT2D eigenvalue weighted by Gasteiger charge is 2.06. The number of methoxy groups -OCH3 is 1. The Kier molecular flexibility index (Phi) is 9.20. The average molecular weight is 303 g/mol. The molecule has 0 saturated heterocycles. The van der Waals surface area contributed by atoms with Crippen LogP contribution in [0.25, 0.3) is 0 Å². The molecule has 0 unspecified atom stereocenters. The van der Waals surface area contributed by atoms with Crippen LogP contribution in [0.3, 0.4) is 0 Å². The summed E-state index contributed by atoms with van der Waals surface area (Å²) in [4.78, 5) is 0. The number of alkyl halides is 1. The highest BCUT2D eigenvalue weighted by molar-refractivity contribution is 6.17. The van der Waals surface area contributed by atoms with Gasteiger partial charge in [-0.3, -0.25) is 0 Å². The molecular weight excluding hydrogens is 280 g/mol. The van der Waals surface area contributed by atoms with E-state index >= 15 is 0 Å². The maximum atomic E-state index is 5.81. The molecule has 0 atom stereocenters. The highest BCUT2D eigenvalue weighted by Crippen LogP contribution is 2.29. The van der Waals surface area contributed by atoms with Crippen LogP contribution in [0.15, 0.2) is 18.2 Å². The molecule has 0 aliphatic rings. The van der Waals surface area contributed by atoms with Crippen LogP contribution in [0.1, 0.15) is 18.9 Å².